The molecule has 106 valence electrons. The summed E-state index contributed by atoms with van der Waals surface area (Å²) in [4.78, 5) is 18.8. The normalized spacial score (nSPS) is 19.6. The monoisotopic (exact) mass is 289 g/mol. The molecule has 0 aliphatic heterocycles. The minimum absolute atomic E-state index is 0.00337. The van der Waals surface area contributed by atoms with Crippen molar-refractivity contribution in [2.24, 2.45) is 0 Å². The number of H-pyrrole nitrogens is 1. The number of hydrogen-bond donors (Lipinski definition) is 2. The minimum atomic E-state index is -0.00337. The van der Waals surface area contributed by atoms with Crippen molar-refractivity contribution in [1.29, 1.82) is 0 Å². The molecule has 5 heteroatoms. The van der Waals surface area contributed by atoms with Gasteiger partial charge in [-0.25, -0.2) is 4.98 Å². The number of aromatic amines is 1. The van der Waals surface area contributed by atoms with Crippen LogP contribution in [-0.2, 0) is 6.42 Å². The second-order valence-corrected chi connectivity index (χ2v) is 6.13. The van der Waals surface area contributed by atoms with E-state index >= 15 is 0 Å². The van der Waals surface area contributed by atoms with Crippen molar-refractivity contribution in [3.05, 3.63) is 50.3 Å². The van der Waals surface area contributed by atoms with Crippen LogP contribution >= 0.6 is 11.3 Å². The van der Waals surface area contributed by atoms with Crippen LogP contribution in [0.3, 0.4) is 0 Å². The Morgan fingerprint density at radius 2 is 2.45 bits per heavy atom. The molecule has 2 unspecified atom stereocenters. The first kappa shape index (κ1) is 13.5. The lowest BCUT2D eigenvalue weighted by Gasteiger charge is -2.29. The highest BCUT2D eigenvalue weighted by Crippen LogP contribution is 2.31. The Labute approximate surface area is 122 Å². The lowest BCUT2D eigenvalue weighted by atomic mass is 9.90. The molecule has 0 bridgehead atoms. The van der Waals surface area contributed by atoms with E-state index in [9.17, 15) is 4.79 Å². The lowest BCUT2D eigenvalue weighted by molar-refractivity contribution is 0.389. The fourth-order valence-electron chi connectivity index (χ4n) is 2.89. The highest BCUT2D eigenvalue weighted by Gasteiger charge is 2.24. The maximum absolute atomic E-state index is 11.4. The van der Waals surface area contributed by atoms with Crippen LogP contribution in [0.15, 0.2) is 28.5 Å². The SMILES string of the molecule is CCC(NC1CCCc2[nH]c(=O)ccc21)c1nccs1. The molecule has 0 spiro atoms. The smallest absolute Gasteiger partial charge is 0.248 e. The fraction of sp³-hybridized carbons (Fsp3) is 0.467. The topological polar surface area (TPSA) is 57.8 Å². The molecule has 0 aromatic carbocycles. The van der Waals surface area contributed by atoms with E-state index in [4.69, 9.17) is 0 Å². The van der Waals surface area contributed by atoms with Crippen LogP contribution in [-0.4, -0.2) is 9.97 Å². The van der Waals surface area contributed by atoms with Gasteiger partial charge in [0.1, 0.15) is 5.01 Å². The first-order chi connectivity index (χ1) is 9.78. The molecule has 2 N–H and O–H groups in total. The van der Waals surface area contributed by atoms with Crippen molar-refractivity contribution >= 4 is 11.3 Å². The summed E-state index contributed by atoms with van der Waals surface area (Å²) >= 11 is 1.70. The van der Waals surface area contributed by atoms with Crippen LogP contribution in [0.1, 0.15) is 54.5 Å². The molecular weight excluding hydrogens is 270 g/mol. The number of fused-ring (bicyclic) bond motifs is 1. The molecule has 2 aromatic rings. The maximum Gasteiger partial charge on any atom is 0.248 e. The van der Waals surface area contributed by atoms with E-state index in [2.05, 4.69) is 22.2 Å². The van der Waals surface area contributed by atoms with Crippen LogP contribution in [0.4, 0.5) is 0 Å². The number of rotatable bonds is 4. The quantitative estimate of drug-likeness (QED) is 0.910. The van der Waals surface area contributed by atoms with E-state index in [1.807, 2.05) is 17.6 Å². The van der Waals surface area contributed by atoms with E-state index in [0.717, 1.165) is 36.4 Å². The number of nitrogens with zero attached hydrogens (tertiary/aromatic N) is 1. The average Bonchev–Trinajstić information content (AvgIpc) is 2.98. The zero-order valence-electron chi connectivity index (χ0n) is 11.6. The van der Waals surface area contributed by atoms with Gasteiger partial charge in [-0.05, 0) is 31.2 Å². The van der Waals surface area contributed by atoms with Crippen LogP contribution in [0.2, 0.25) is 0 Å². The van der Waals surface area contributed by atoms with Gasteiger partial charge >= 0.3 is 0 Å². The summed E-state index contributed by atoms with van der Waals surface area (Å²) in [5, 5.41) is 6.87. The van der Waals surface area contributed by atoms with Crippen LogP contribution in [0.5, 0.6) is 0 Å². The minimum Gasteiger partial charge on any atom is -0.326 e. The number of thiazole rings is 1. The third-order valence-corrected chi connectivity index (χ3v) is 4.78. The molecule has 1 aliphatic carbocycles. The number of aromatic nitrogens is 2. The highest BCUT2D eigenvalue weighted by molar-refractivity contribution is 7.09. The Balaban J connectivity index is 1.84. The summed E-state index contributed by atoms with van der Waals surface area (Å²) in [6, 6.07) is 4.20. The van der Waals surface area contributed by atoms with Crippen LogP contribution in [0.25, 0.3) is 0 Å². The van der Waals surface area contributed by atoms with Crippen molar-refractivity contribution in [1.82, 2.24) is 15.3 Å². The lowest BCUT2D eigenvalue weighted by Crippen LogP contribution is -2.30. The predicted octanol–water partition coefficient (Wildman–Crippen LogP) is 2.95. The predicted molar refractivity (Wildman–Crippen MR) is 81.0 cm³/mol. The molecule has 2 atom stereocenters. The molecule has 1 aliphatic rings. The fourth-order valence-corrected chi connectivity index (χ4v) is 3.67. The molecule has 0 saturated carbocycles. The number of aryl methyl sites for hydroxylation is 1. The summed E-state index contributed by atoms with van der Waals surface area (Å²) in [5.41, 5.74) is 2.33. The Kier molecular flexibility index (Phi) is 3.98. The zero-order chi connectivity index (χ0) is 13.9. The Hall–Kier alpha value is -1.46. The Bertz CT molecular complexity index is 620. The average molecular weight is 289 g/mol. The molecule has 4 nitrogen and oxygen atoms in total. The van der Waals surface area contributed by atoms with Gasteiger partial charge in [0.05, 0.1) is 6.04 Å². The van der Waals surface area contributed by atoms with E-state index < -0.39 is 0 Å². The maximum atomic E-state index is 11.4. The molecule has 20 heavy (non-hydrogen) atoms. The van der Waals surface area contributed by atoms with Gasteiger partial charge in [-0.15, -0.1) is 11.3 Å². The summed E-state index contributed by atoms with van der Waals surface area (Å²) in [6.45, 7) is 2.18. The molecule has 3 rings (SSSR count). The van der Waals surface area contributed by atoms with Gasteiger partial charge < -0.3 is 10.3 Å². The number of nitrogens with one attached hydrogen (secondary N) is 2. The van der Waals surface area contributed by atoms with Gasteiger partial charge in [-0.3, -0.25) is 4.79 Å². The molecule has 0 radical (unpaired) electrons. The van der Waals surface area contributed by atoms with Gasteiger partial charge in [0.2, 0.25) is 5.56 Å². The first-order valence-corrected chi connectivity index (χ1v) is 8.03. The van der Waals surface area contributed by atoms with Crippen molar-refractivity contribution in [3.63, 3.8) is 0 Å². The Morgan fingerprint density at radius 1 is 1.55 bits per heavy atom. The van der Waals surface area contributed by atoms with E-state index in [0.29, 0.717) is 6.04 Å². The molecule has 0 fully saturated rings. The first-order valence-electron chi connectivity index (χ1n) is 7.15. The molecule has 0 amide bonds. The number of pyridine rings is 1. The third kappa shape index (κ3) is 2.69. The van der Waals surface area contributed by atoms with Crippen molar-refractivity contribution < 1.29 is 0 Å². The highest BCUT2D eigenvalue weighted by atomic mass is 32.1. The van der Waals surface area contributed by atoms with Crippen molar-refractivity contribution in [3.8, 4) is 0 Å². The summed E-state index contributed by atoms with van der Waals surface area (Å²) in [7, 11) is 0. The van der Waals surface area contributed by atoms with Gasteiger partial charge in [0, 0.05) is 29.4 Å². The van der Waals surface area contributed by atoms with Gasteiger partial charge in [0.15, 0.2) is 0 Å². The second kappa shape index (κ2) is 5.89. The molecule has 0 saturated heterocycles. The van der Waals surface area contributed by atoms with Crippen LogP contribution < -0.4 is 10.9 Å². The van der Waals surface area contributed by atoms with Gasteiger partial charge in [-0.2, -0.15) is 0 Å². The van der Waals surface area contributed by atoms with Crippen LogP contribution in [0, 0.1) is 0 Å². The summed E-state index contributed by atoms with van der Waals surface area (Å²) in [5.74, 6) is 0. The second-order valence-electron chi connectivity index (χ2n) is 5.20. The molecule has 2 heterocycles. The summed E-state index contributed by atoms with van der Waals surface area (Å²) < 4.78 is 0. The zero-order valence-corrected chi connectivity index (χ0v) is 12.4. The largest absolute Gasteiger partial charge is 0.326 e. The van der Waals surface area contributed by atoms with Crippen molar-refractivity contribution in [2.45, 2.75) is 44.7 Å². The van der Waals surface area contributed by atoms with Crippen molar-refractivity contribution in [2.75, 3.05) is 0 Å². The molecule has 2 aromatic heterocycles. The van der Waals surface area contributed by atoms with E-state index in [1.54, 1.807) is 17.4 Å². The Morgan fingerprint density at radius 3 is 3.20 bits per heavy atom. The molecular formula is C15H19N3OS. The number of hydrogen-bond acceptors (Lipinski definition) is 4. The van der Waals surface area contributed by atoms with Gasteiger partial charge in [0.25, 0.3) is 0 Å². The standard InChI is InChI=1S/C15H19N3OS/c1-2-11(15-16-8-9-20-15)17-12-4-3-5-13-10(12)6-7-14(19)18-13/h6-9,11-12,17H,2-5H2,1H3,(H,18,19). The third-order valence-electron chi connectivity index (χ3n) is 3.89. The van der Waals surface area contributed by atoms with E-state index in [1.165, 1.54) is 5.56 Å². The van der Waals surface area contributed by atoms with Gasteiger partial charge in [-0.1, -0.05) is 13.0 Å². The summed E-state index contributed by atoms with van der Waals surface area (Å²) in [6.07, 6.45) is 6.07. The van der Waals surface area contributed by atoms with E-state index in [-0.39, 0.29) is 11.6 Å².